The van der Waals surface area contributed by atoms with Gasteiger partial charge in [0.1, 0.15) is 5.82 Å². The molecule has 0 aromatic carbocycles. The van der Waals surface area contributed by atoms with Crippen LogP contribution in [0.3, 0.4) is 0 Å². The third kappa shape index (κ3) is 4.35. The van der Waals surface area contributed by atoms with E-state index in [0.717, 1.165) is 18.5 Å². The molecule has 0 radical (unpaired) electrons. The molecular weight excluding hydrogens is 228 g/mol. The number of hydrogen-bond acceptors (Lipinski definition) is 3. The maximum Gasteiger partial charge on any atom is 0.401 e. The van der Waals surface area contributed by atoms with E-state index in [1.165, 1.54) is 0 Å². The van der Waals surface area contributed by atoms with Crippen molar-refractivity contribution in [3.63, 3.8) is 0 Å². The van der Waals surface area contributed by atoms with Crippen molar-refractivity contribution in [1.29, 1.82) is 0 Å². The van der Waals surface area contributed by atoms with Gasteiger partial charge in [0, 0.05) is 11.8 Å². The number of halogens is 4. The Morgan fingerprint density at radius 1 is 1.38 bits per heavy atom. The highest BCUT2D eigenvalue weighted by molar-refractivity contribution is 5.97. The van der Waals surface area contributed by atoms with Crippen molar-refractivity contribution in [3.05, 3.63) is 29.8 Å². The molecule has 0 unspecified atom stereocenters. The van der Waals surface area contributed by atoms with Gasteiger partial charge >= 0.3 is 6.18 Å². The number of ketones is 1. The molecule has 7 heteroatoms. The van der Waals surface area contributed by atoms with Gasteiger partial charge in [-0.3, -0.25) is 9.78 Å². The van der Waals surface area contributed by atoms with Crippen LogP contribution in [-0.4, -0.2) is 30.0 Å². The number of alkyl halides is 3. The molecule has 0 aliphatic rings. The summed E-state index contributed by atoms with van der Waals surface area (Å²) in [4.78, 5) is 14.7. The molecule has 3 nitrogen and oxygen atoms in total. The van der Waals surface area contributed by atoms with Gasteiger partial charge in [-0.1, -0.05) is 0 Å². The zero-order valence-corrected chi connectivity index (χ0v) is 8.01. The number of pyridine rings is 1. The van der Waals surface area contributed by atoms with Gasteiger partial charge in [-0.15, -0.1) is 0 Å². The summed E-state index contributed by atoms with van der Waals surface area (Å²) < 4.78 is 47.8. The molecule has 1 aromatic rings. The number of carbonyl (C=O) groups is 1. The molecule has 0 aliphatic heterocycles. The first kappa shape index (κ1) is 12.6. The van der Waals surface area contributed by atoms with Crippen molar-refractivity contribution < 1.29 is 22.4 Å². The molecule has 88 valence electrons. The van der Waals surface area contributed by atoms with Crippen LogP contribution < -0.4 is 5.32 Å². The molecule has 0 saturated heterocycles. The maximum absolute atomic E-state index is 12.6. The monoisotopic (exact) mass is 236 g/mol. The Labute approximate surface area is 88.5 Å². The predicted molar refractivity (Wildman–Crippen MR) is 47.5 cm³/mol. The number of rotatable bonds is 4. The SMILES string of the molecule is O=C(CNCC(F)(F)F)c1cncc(F)c1. The van der Waals surface area contributed by atoms with Crippen molar-refractivity contribution in [1.82, 2.24) is 10.3 Å². The number of nitrogens with zero attached hydrogens (tertiary/aromatic N) is 1. The molecule has 1 aromatic heterocycles. The summed E-state index contributed by atoms with van der Waals surface area (Å²) in [5.41, 5.74) is -0.0605. The molecule has 1 heterocycles. The highest BCUT2D eigenvalue weighted by Gasteiger charge is 2.26. The van der Waals surface area contributed by atoms with E-state index in [-0.39, 0.29) is 5.56 Å². The summed E-state index contributed by atoms with van der Waals surface area (Å²) >= 11 is 0. The summed E-state index contributed by atoms with van der Waals surface area (Å²) in [6, 6.07) is 0.921. The first-order valence-corrected chi connectivity index (χ1v) is 4.30. The first-order chi connectivity index (χ1) is 7.38. The molecule has 1 rings (SSSR count). The minimum atomic E-state index is -4.37. The van der Waals surface area contributed by atoms with E-state index in [2.05, 4.69) is 4.98 Å². The quantitative estimate of drug-likeness (QED) is 0.637. The normalized spacial score (nSPS) is 11.5. The van der Waals surface area contributed by atoms with Crippen molar-refractivity contribution in [3.8, 4) is 0 Å². The lowest BCUT2D eigenvalue weighted by Crippen LogP contribution is -2.32. The van der Waals surface area contributed by atoms with Crippen molar-refractivity contribution in [2.24, 2.45) is 0 Å². The van der Waals surface area contributed by atoms with E-state index >= 15 is 0 Å². The summed E-state index contributed by atoms with van der Waals surface area (Å²) in [5.74, 6) is -1.35. The summed E-state index contributed by atoms with van der Waals surface area (Å²) in [6.45, 7) is -1.77. The molecule has 0 saturated carbocycles. The largest absolute Gasteiger partial charge is 0.401 e. The van der Waals surface area contributed by atoms with Crippen LogP contribution in [0.1, 0.15) is 10.4 Å². The zero-order chi connectivity index (χ0) is 12.2. The molecule has 0 aliphatic carbocycles. The van der Waals surface area contributed by atoms with E-state index in [1.807, 2.05) is 5.32 Å². The van der Waals surface area contributed by atoms with Crippen molar-refractivity contribution in [2.45, 2.75) is 6.18 Å². The Balaban J connectivity index is 2.47. The highest BCUT2D eigenvalue weighted by Crippen LogP contribution is 2.12. The number of carbonyl (C=O) groups excluding carboxylic acids is 1. The Morgan fingerprint density at radius 2 is 2.06 bits per heavy atom. The molecule has 16 heavy (non-hydrogen) atoms. The first-order valence-electron chi connectivity index (χ1n) is 4.30. The number of Topliss-reactive ketones (excluding diaryl/α,β-unsaturated/α-hetero) is 1. The van der Waals surface area contributed by atoms with Gasteiger partial charge in [-0.2, -0.15) is 13.2 Å². The number of aromatic nitrogens is 1. The van der Waals surface area contributed by atoms with Gasteiger partial charge in [0.25, 0.3) is 0 Å². The minimum Gasteiger partial charge on any atom is -0.302 e. The number of hydrogen-bond donors (Lipinski definition) is 1. The Bertz CT molecular complexity index is 378. The van der Waals surface area contributed by atoms with Crippen LogP contribution in [-0.2, 0) is 0 Å². The Morgan fingerprint density at radius 3 is 2.62 bits per heavy atom. The fourth-order valence-electron chi connectivity index (χ4n) is 0.984. The van der Waals surface area contributed by atoms with Crippen LogP contribution >= 0.6 is 0 Å². The maximum atomic E-state index is 12.6. The van der Waals surface area contributed by atoms with Crippen LogP contribution in [0, 0.1) is 5.82 Å². The zero-order valence-electron chi connectivity index (χ0n) is 8.01. The number of nitrogens with one attached hydrogen (secondary N) is 1. The van der Waals surface area contributed by atoms with E-state index in [4.69, 9.17) is 0 Å². The molecule has 0 bridgehead atoms. The minimum absolute atomic E-state index is 0.0605. The van der Waals surface area contributed by atoms with Crippen LogP contribution in [0.4, 0.5) is 17.6 Å². The van der Waals surface area contributed by atoms with Gasteiger partial charge in [-0.25, -0.2) is 4.39 Å². The second-order valence-corrected chi connectivity index (χ2v) is 3.03. The lowest BCUT2D eigenvalue weighted by atomic mass is 10.2. The van der Waals surface area contributed by atoms with Crippen LogP contribution in [0.5, 0.6) is 0 Å². The Kier molecular flexibility index (Phi) is 3.94. The third-order valence-corrected chi connectivity index (χ3v) is 1.64. The smallest absolute Gasteiger partial charge is 0.302 e. The molecule has 0 spiro atoms. The van der Waals surface area contributed by atoms with E-state index < -0.39 is 30.9 Å². The summed E-state index contributed by atoms with van der Waals surface area (Å²) in [6.07, 6.45) is -2.37. The van der Waals surface area contributed by atoms with Crippen LogP contribution in [0.15, 0.2) is 18.5 Å². The van der Waals surface area contributed by atoms with Gasteiger partial charge in [0.05, 0.1) is 19.3 Å². The van der Waals surface area contributed by atoms with E-state index in [9.17, 15) is 22.4 Å². The lowest BCUT2D eigenvalue weighted by molar-refractivity contribution is -0.124. The van der Waals surface area contributed by atoms with Gasteiger partial charge in [0.15, 0.2) is 5.78 Å². The van der Waals surface area contributed by atoms with E-state index in [1.54, 1.807) is 0 Å². The standard InChI is InChI=1S/C9H8F4N2O/c10-7-1-6(2-14-3-7)8(16)4-15-5-9(11,12)13/h1-3,15H,4-5H2. The average molecular weight is 236 g/mol. The summed E-state index contributed by atoms with van der Waals surface area (Å²) in [5, 5.41) is 1.92. The fraction of sp³-hybridized carbons (Fsp3) is 0.333. The molecule has 0 atom stereocenters. The van der Waals surface area contributed by atoms with Gasteiger partial charge in [-0.05, 0) is 6.07 Å². The lowest BCUT2D eigenvalue weighted by Gasteiger charge is -2.07. The average Bonchev–Trinajstić information content (AvgIpc) is 2.15. The van der Waals surface area contributed by atoms with Crippen LogP contribution in [0.25, 0.3) is 0 Å². The second kappa shape index (κ2) is 5.02. The fourth-order valence-corrected chi connectivity index (χ4v) is 0.984. The van der Waals surface area contributed by atoms with E-state index in [0.29, 0.717) is 0 Å². The molecule has 0 amide bonds. The van der Waals surface area contributed by atoms with Crippen LogP contribution in [0.2, 0.25) is 0 Å². The molecular formula is C9H8F4N2O. The highest BCUT2D eigenvalue weighted by atomic mass is 19.4. The van der Waals surface area contributed by atoms with Crippen molar-refractivity contribution >= 4 is 5.78 Å². The van der Waals surface area contributed by atoms with Gasteiger partial charge in [0.2, 0.25) is 0 Å². The molecule has 0 fully saturated rings. The second-order valence-electron chi connectivity index (χ2n) is 3.03. The topological polar surface area (TPSA) is 42.0 Å². The summed E-state index contributed by atoms with van der Waals surface area (Å²) in [7, 11) is 0. The predicted octanol–water partition coefficient (Wildman–Crippen LogP) is 1.56. The van der Waals surface area contributed by atoms with Crippen molar-refractivity contribution in [2.75, 3.05) is 13.1 Å². The Hall–Kier alpha value is -1.50. The molecule has 1 N–H and O–H groups in total. The third-order valence-electron chi connectivity index (χ3n) is 1.64. The van der Waals surface area contributed by atoms with Gasteiger partial charge < -0.3 is 5.32 Å².